The molecule has 0 saturated heterocycles. The number of nitrogen functional groups attached to an aromatic ring is 1. The number of fused-ring (bicyclic) bond motifs is 1. The number of nitrogens with zero attached hydrogens (tertiary/aromatic N) is 1. The Kier molecular flexibility index (Phi) is 2.87. The summed E-state index contributed by atoms with van der Waals surface area (Å²) in [5.41, 5.74) is 6.92. The maximum absolute atomic E-state index is 12.5. The van der Waals surface area contributed by atoms with Crippen LogP contribution in [0, 0.1) is 6.92 Å². The summed E-state index contributed by atoms with van der Waals surface area (Å²) in [5, 5.41) is 0. The zero-order chi connectivity index (χ0) is 14.4. The van der Waals surface area contributed by atoms with Crippen LogP contribution < -0.4 is 5.73 Å². The molecule has 1 aliphatic heterocycles. The molecular weight excluding hydrogens is 272 g/mol. The lowest BCUT2D eigenvalue weighted by Crippen LogP contribution is -2.32. The van der Waals surface area contributed by atoms with Crippen molar-refractivity contribution in [2.45, 2.75) is 19.9 Å². The van der Waals surface area contributed by atoms with E-state index in [0.717, 1.165) is 9.75 Å². The molecule has 0 radical (unpaired) electrons. The fourth-order valence-electron chi connectivity index (χ4n) is 2.49. The highest BCUT2D eigenvalue weighted by Gasteiger charge is 2.40. The number of carbonyl (C=O) groups excluding carboxylic acids is 2. The van der Waals surface area contributed by atoms with Gasteiger partial charge in [0.2, 0.25) is 0 Å². The summed E-state index contributed by atoms with van der Waals surface area (Å²) in [4.78, 5) is 28.4. The molecule has 3 rings (SSSR count). The molecule has 4 nitrogen and oxygen atoms in total. The van der Waals surface area contributed by atoms with Gasteiger partial charge in [0.1, 0.15) is 0 Å². The summed E-state index contributed by atoms with van der Waals surface area (Å²) in [7, 11) is 0. The van der Waals surface area contributed by atoms with Crippen LogP contribution in [0.3, 0.4) is 0 Å². The van der Waals surface area contributed by atoms with Crippen molar-refractivity contribution in [2.75, 3.05) is 5.73 Å². The summed E-state index contributed by atoms with van der Waals surface area (Å²) in [6.07, 6.45) is 0. The number of amides is 2. The van der Waals surface area contributed by atoms with E-state index in [1.165, 1.54) is 4.90 Å². The first-order valence-corrected chi connectivity index (χ1v) is 7.15. The number of rotatable bonds is 2. The molecule has 1 atom stereocenters. The van der Waals surface area contributed by atoms with Gasteiger partial charge < -0.3 is 5.73 Å². The van der Waals surface area contributed by atoms with Crippen LogP contribution in [-0.2, 0) is 0 Å². The van der Waals surface area contributed by atoms with Crippen molar-refractivity contribution in [1.29, 1.82) is 0 Å². The molecule has 2 aromatic rings. The Morgan fingerprint density at radius 1 is 1.15 bits per heavy atom. The van der Waals surface area contributed by atoms with Crippen LogP contribution in [0.1, 0.15) is 43.4 Å². The van der Waals surface area contributed by atoms with Crippen LogP contribution in [0.25, 0.3) is 0 Å². The van der Waals surface area contributed by atoms with Crippen molar-refractivity contribution in [1.82, 2.24) is 4.90 Å². The van der Waals surface area contributed by atoms with Crippen molar-refractivity contribution < 1.29 is 9.59 Å². The minimum absolute atomic E-state index is 0.268. The van der Waals surface area contributed by atoms with Gasteiger partial charge in [-0.1, -0.05) is 6.07 Å². The summed E-state index contributed by atoms with van der Waals surface area (Å²) < 4.78 is 0. The topological polar surface area (TPSA) is 63.4 Å². The van der Waals surface area contributed by atoms with Crippen LogP contribution in [-0.4, -0.2) is 16.7 Å². The zero-order valence-corrected chi connectivity index (χ0v) is 12.0. The number of hydrogen-bond donors (Lipinski definition) is 1. The second-order valence-electron chi connectivity index (χ2n) is 4.87. The second kappa shape index (κ2) is 4.45. The molecule has 0 bridgehead atoms. The third-order valence-corrected chi connectivity index (χ3v) is 4.71. The molecule has 102 valence electrons. The van der Waals surface area contributed by atoms with Crippen molar-refractivity contribution in [2.24, 2.45) is 0 Å². The van der Waals surface area contributed by atoms with Gasteiger partial charge in [-0.3, -0.25) is 14.5 Å². The lowest BCUT2D eigenvalue weighted by atomic mass is 10.1. The number of imide groups is 1. The van der Waals surface area contributed by atoms with Crippen molar-refractivity contribution in [3.63, 3.8) is 0 Å². The maximum Gasteiger partial charge on any atom is 0.264 e. The van der Waals surface area contributed by atoms with Gasteiger partial charge >= 0.3 is 0 Å². The van der Waals surface area contributed by atoms with E-state index in [1.807, 2.05) is 26.0 Å². The molecule has 1 unspecified atom stereocenters. The van der Waals surface area contributed by atoms with Gasteiger partial charge in [0.05, 0.1) is 17.2 Å². The van der Waals surface area contributed by atoms with Crippen molar-refractivity contribution in [3.8, 4) is 0 Å². The number of thiophene rings is 1. The van der Waals surface area contributed by atoms with Gasteiger partial charge in [0.15, 0.2) is 0 Å². The Balaban J connectivity index is 2.04. The van der Waals surface area contributed by atoms with E-state index in [4.69, 9.17) is 5.73 Å². The number of anilines is 1. The van der Waals surface area contributed by atoms with E-state index in [9.17, 15) is 9.59 Å². The average molecular weight is 286 g/mol. The van der Waals surface area contributed by atoms with Crippen LogP contribution in [0.2, 0.25) is 0 Å². The second-order valence-corrected chi connectivity index (χ2v) is 6.19. The molecule has 1 aliphatic rings. The number of carbonyl (C=O) groups is 2. The van der Waals surface area contributed by atoms with E-state index in [2.05, 4.69) is 0 Å². The lowest BCUT2D eigenvalue weighted by Gasteiger charge is -2.21. The Labute approximate surface area is 120 Å². The quantitative estimate of drug-likeness (QED) is 0.682. The molecule has 20 heavy (non-hydrogen) atoms. The molecule has 0 aliphatic carbocycles. The van der Waals surface area contributed by atoms with E-state index < -0.39 is 0 Å². The molecule has 2 heterocycles. The smallest absolute Gasteiger partial charge is 0.264 e. The van der Waals surface area contributed by atoms with E-state index in [1.54, 1.807) is 29.5 Å². The third kappa shape index (κ3) is 1.74. The highest BCUT2D eigenvalue weighted by atomic mass is 32.1. The van der Waals surface area contributed by atoms with E-state index in [0.29, 0.717) is 16.8 Å². The first-order valence-electron chi connectivity index (χ1n) is 6.33. The largest absolute Gasteiger partial charge is 0.398 e. The highest BCUT2D eigenvalue weighted by Crippen LogP contribution is 2.35. The number of benzene rings is 1. The molecule has 2 N–H and O–H groups in total. The third-order valence-electron chi connectivity index (χ3n) is 3.54. The Morgan fingerprint density at radius 3 is 2.50 bits per heavy atom. The lowest BCUT2D eigenvalue weighted by molar-refractivity contribution is 0.0598. The molecule has 2 amide bonds. The van der Waals surface area contributed by atoms with Gasteiger partial charge in [-0.15, -0.1) is 11.3 Å². The van der Waals surface area contributed by atoms with Gasteiger partial charge in [0.25, 0.3) is 11.8 Å². The SMILES string of the molecule is Cc1ccc(C(C)N2C(=O)c3cccc(N)c3C2=O)s1. The predicted molar refractivity (Wildman–Crippen MR) is 78.8 cm³/mol. The Morgan fingerprint density at radius 2 is 1.90 bits per heavy atom. The molecule has 1 aromatic heterocycles. The standard InChI is InChI=1S/C15H14N2O2S/c1-8-6-7-12(20-8)9(2)17-14(18)10-4-3-5-11(16)13(10)15(17)19/h3-7,9H,16H2,1-2H3. The number of hydrogen-bond acceptors (Lipinski definition) is 4. The van der Waals surface area contributed by atoms with Crippen LogP contribution in [0.15, 0.2) is 30.3 Å². The summed E-state index contributed by atoms with van der Waals surface area (Å²) in [6.45, 7) is 3.87. The molecule has 0 saturated carbocycles. The molecular formula is C15H14N2O2S. The van der Waals surface area contributed by atoms with E-state index in [-0.39, 0.29) is 17.9 Å². The first-order chi connectivity index (χ1) is 9.50. The zero-order valence-electron chi connectivity index (χ0n) is 11.2. The van der Waals surface area contributed by atoms with Crippen LogP contribution in [0.4, 0.5) is 5.69 Å². The van der Waals surface area contributed by atoms with Gasteiger partial charge in [-0.2, -0.15) is 0 Å². The monoisotopic (exact) mass is 286 g/mol. The minimum atomic E-state index is -0.304. The predicted octanol–water partition coefficient (Wildman–Crippen LogP) is 3.00. The van der Waals surface area contributed by atoms with Gasteiger partial charge in [0, 0.05) is 15.4 Å². The Hall–Kier alpha value is -2.14. The maximum atomic E-state index is 12.5. The fourth-order valence-corrected chi connectivity index (χ4v) is 3.41. The first kappa shape index (κ1) is 12.9. The Bertz CT molecular complexity index is 720. The van der Waals surface area contributed by atoms with E-state index >= 15 is 0 Å². The van der Waals surface area contributed by atoms with Crippen LogP contribution >= 0.6 is 11.3 Å². The molecule has 1 aromatic carbocycles. The number of nitrogens with two attached hydrogens (primary N) is 1. The summed E-state index contributed by atoms with van der Waals surface area (Å²) >= 11 is 1.59. The summed E-state index contributed by atoms with van der Waals surface area (Å²) in [5.74, 6) is -0.572. The normalized spacial score (nSPS) is 15.6. The minimum Gasteiger partial charge on any atom is -0.398 e. The molecule has 0 spiro atoms. The molecule has 5 heteroatoms. The molecule has 0 fully saturated rings. The highest BCUT2D eigenvalue weighted by molar-refractivity contribution is 7.12. The fraction of sp³-hybridized carbons (Fsp3) is 0.200. The number of aryl methyl sites for hydroxylation is 1. The van der Waals surface area contributed by atoms with Crippen LogP contribution in [0.5, 0.6) is 0 Å². The van der Waals surface area contributed by atoms with Crippen molar-refractivity contribution in [3.05, 3.63) is 51.2 Å². The summed E-state index contributed by atoms with van der Waals surface area (Å²) in [6, 6.07) is 8.66. The van der Waals surface area contributed by atoms with Crippen molar-refractivity contribution >= 4 is 28.8 Å². The van der Waals surface area contributed by atoms with Gasteiger partial charge in [-0.25, -0.2) is 0 Å². The van der Waals surface area contributed by atoms with Gasteiger partial charge in [-0.05, 0) is 38.1 Å². The average Bonchev–Trinajstić information content (AvgIpc) is 2.94.